The van der Waals surface area contributed by atoms with Crippen LogP contribution in [0.15, 0.2) is 24.3 Å². The summed E-state index contributed by atoms with van der Waals surface area (Å²) in [6, 6.07) is 5.72. The van der Waals surface area contributed by atoms with Crippen LogP contribution in [0.25, 0.3) is 0 Å². The first-order valence-electron chi connectivity index (χ1n) is 8.35. The smallest absolute Gasteiger partial charge is 0.427 e. The Morgan fingerprint density at radius 3 is 2.85 bits per heavy atom. The molecule has 26 heavy (non-hydrogen) atoms. The molecule has 0 bridgehead atoms. The fourth-order valence-electron chi connectivity index (χ4n) is 2.44. The minimum Gasteiger partial charge on any atom is -0.427 e. The molecule has 5 N–H and O–H groups in total. The molecule has 0 unspecified atom stereocenters. The number of hydrogen-bond donors (Lipinski definition) is 4. The molecule has 0 fully saturated rings. The zero-order chi connectivity index (χ0) is 18.9. The van der Waals surface area contributed by atoms with Gasteiger partial charge in [-0.2, -0.15) is 0 Å². The van der Waals surface area contributed by atoms with Crippen LogP contribution in [0.5, 0.6) is 0 Å². The third-order valence-electron chi connectivity index (χ3n) is 3.85. The maximum atomic E-state index is 13.5. The molecule has 11 heteroatoms. The Balaban J connectivity index is 1.83. The lowest BCUT2D eigenvalue weighted by molar-refractivity contribution is -0.122. The number of rotatable bonds is 10. The van der Waals surface area contributed by atoms with Crippen molar-refractivity contribution in [3.63, 3.8) is 0 Å². The van der Waals surface area contributed by atoms with Crippen molar-refractivity contribution in [3.8, 4) is 0 Å². The highest BCUT2D eigenvalue weighted by atomic mass is 19.1. The summed E-state index contributed by atoms with van der Waals surface area (Å²) in [4.78, 5) is 12.1. The van der Waals surface area contributed by atoms with Gasteiger partial charge in [0, 0.05) is 12.1 Å². The van der Waals surface area contributed by atoms with Crippen LogP contribution < -0.4 is 11.1 Å². The number of halogens is 1. The van der Waals surface area contributed by atoms with E-state index in [4.69, 9.17) is 15.8 Å². The molecule has 2 aromatic rings. The number of carbonyl (C=O) groups excluding carboxylic acids is 1. The summed E-state index contributed by atoms with van der Waals surface area (Å²) in [6.07, 6.45) is 2.10. The maximum Gasteiger partial charge on any atom is 0.451 e. The predicted molar refractivity (Wildman–Crippen MR) is 91.8 cm³/mol. The Labute approximate surface area is 150 Å². The molecular weight excluding hydrogens is 342 g/mol. The molecule has 140 valence electrons. The van der Waals surface area contributed by atoms with Crippen LogP contribution in [0.2, 0.25) is 6.32 Å². The molecule has 1 aromatic carbocycles. The Hall–Kier alpha value is -2.37. The van der Waals surface area contributed by atoms with Crippen molar-refractivity contribution in [1.29, 1.82) is 0 Å². The average Bonchev–Trinajstić information content (AvgIpc) is 3.06. The van der Waals surface area contributed by atoms with Crippen molar-refractivity contribution in [1.82, 2.24) is 25.5 Å². The molecule has 2 rings (SSSR count). The lowest BCUT2D eigenvalue weighted by Gasteiger charge is -2.12. The molecule has 0 radical (unpaired) electrons. The van der Waals surface area contributed by atoms with E-state index in [1.807, 2.05) is 0 Å². The highest BCUT2D eigenvalue weighted by molar-refractivity contribution is 6.40. The van der Waals surface area contributed by atoms with Crippen LogP contribution in [0, 0.1) is 5.82 Å². The van der Waals surface area contributed by atoms with Gasteiger partial charge in [-0.3, -0.25) is 4.79 Å². The summed E-state index contributed by atoms with van der Waals surface area (Å²) in [6.45, 7) is -0.0572. The van der Waals surface area contributed by atoms with Gasteiger partial charge in [0.2, 0.25) is 5.91 Å². The predicted octanol–water partition coefficient (Wildman–Crippen LogP) is -0.229. The monoisotopic (exact) mass is 364 g/mol. The topological polar surface area (TPSA) is 139 Å². The summed E-state index contributed by atoms with van der Waals surface area (Å²) >= 11 is 0. The molecule has 1 atom stereocenters. The Morgan fingerprint density at radius 1 is 1.35 bits per heavy atom. The van der Waals surface area contributed by atoms with Crippen molar-refractivity contribution < 1.29 is 19.2 Å². The van der Waals surface area contributed by atoms with Crippen LogP contribution in [0.4, 0.5) is 4.39 Å². The number of nitrogens with one attached hydrogen (secondary N) is 1. The Kier molecular flexibility index (Phi) is 7.63. The minimum atomic E-state index is -1.32. The standard InChI is InChI=1S/C15H22BFN6O3/c17-12-6-2-1-5-11(12)9-19-14(24)10-23-15(20-21-22-23)13(18)7-3-4-8-16(25)26/h1-2,5-6,13,25-26H,3-4,7-10,18H2,(H,19,24)/t13-/m1/s1. The van der Waals surface area contributed by atoms with E-state index in [1.54, 1.807) is 18.2 Å². The van der Waals surface area contributed by atoms with E-state index in [-0.39, 0.29) is 31.1 Å². The number of tetrazole rings is 1. The van der Waals surface area contributed by atoms with E-state index < -0.39 is 13.2 Å². The second-order valence-corrected chi connectivity index (χ2v) is 5.93. The van der Waals surface area contributed by atoms with Crippen molar-refractivity contribution in [2.24, 2.45) is 5.73 Å². The number of aromatic nitrogens is 4. The van der Waals surface area contributed by atoms with Gasteiger partial charge in [-0.05, 0) is 29.2 Å². The number of amides is 1. The number of nitrogens with zero attached hydrogens (tertiary/aromatic N) is 4. The van der Waals surface area contributed by atoms with E-state index in [0.717, 1.165) is 0 Å². The Morgan fingerprint density at radius 2 is 2.12 bits per heavy atom. The van der Waals surface area contributed by atoms with Gasteiger partial charge in [-0.25, -0.2) is 9.07 Å². The molecule has 0 aliphatic carbocycles. The largest absolute Gasteiger partial charge is 0.451 e. The molecule has 0 aliphatic heterocycles. The molecule has 0 saturated carbocycles. The van der Waals surface area contributed by atoms with Gasteiger partial charge < -0.3 is 21.1 Å². The number of unbranched alkanes of at least 4 members (excludes halogenated alkanes) is 1. The van der Waals surface area contributed by atoms with Crippen molar-refractivity contribution in [2.75, 3.05) is 0 Å². The maximum absolute atomic E-state index is 13.5. The summed E-state index contributed by atoms with van der Waals surface area (Å²) in [5.74, 6) is -0.376. The molecule has 1 aromatic heterocycles. The van der Waals surface area contributed by atoms with Gasteiger partial charge in [0.15, 0.2) is 5.82 Å². The number of nitrogens with two attached hydrogens (primary N) is 1. The van der Waals surface area contributed by atoms with E-state index in [1.165, 1.54) is 10.7 Å². The van der Waals surface area contributed by atoms with Crippen molar-refractivity contribution in [2.45, 2.75) is 44.7 Å². The molecule has 0 aliphatic rings. The second kappa shape index (κ2) is 9.95. The summed E-state index contributed by atoms with van der Waals surface area (Å²) in [5, 5.41) is 31.4. The first-order chi connectivity index (χ1) is 12.5. The van der Waals surface area contributed by atoms with Crippen LogP contribution in [0.1, 0.15) is 36.7 Å². The Bertz CT molecular complexity index is 714. The molecule has 1 heterocycles. The normalized spacial score (nSPS) is 12.0. The first kappa shape index (κ1) is 20.0. The van der Waals surface area contributed by atoms with E-state index in [9.17, 15) is 9.18 Å². The molecule has 0 saturated heterocycles. The van der Waals surface area contributed by atoms with Crippen LogP contribution in [-0.2, 0) is 17.9 Å². The molecular formula is C15H22BFN6O3. The molecule has 1 amide bonds. The zero-order valence-corrected chi connectivity index (χ0v) is 14.3. The number of hydrogen-bond acceptors (Lipinski definition) is 7. The number of carbonyl (C=O) groups is 1. The third kappa shape index (κ3) is 6.17. The lowest BCUT2D eigenvalue weighted by Crippen LogP contribution is -2.29. The van der Waals surface area contributed by atoms with Crippen LogP contribution in [-0.4, -0.2) is 43.3 Å². The van der Waals surface area contributed by atoms with Gasteiger partial charge in [-0.15, -0.1) is 5.10 Å². The van der Waals surface area contributed by atoms with Crippen molar-refractivity contribution >= 4 is 13.0 Å². The van der Waals surface area contributed by atoms with Gasteiger partial charge in [0.1, 0.15) is 12.4 Å². The fraction of sp³-hybridized carbons (Fsp3) is 0.467. The third-order valence-corrected chi connectivity index (χ3v) is 3.85. The first-order valence-corrected chi connectivity index (χ1v) is 8.35. The summed E-state index contributed by atoms with van der Waals surface area (Å²) < 4.78 is 14.9. The van der Waals surface area contributed by atoms with Crippen molar-refractivity contribution in [3.05, 3.63) is 41.5 Å². The van der Waals surface area contributed by atoms with Gasteiger partial charge >= 0.3 is 7.12 Å². The van der Waals surface area contributed by atoms with E-state index in [0.29, 0.717) is 30.7 Å². The quantitative estimate of drug-likeness (QED) is 0.337. The minimum absolute atomic E-state index is 0.0680. The second-order valence-electron chi connectivity index (χ2n) is 5.93. The highest BCUT2D eigenvalue weighted by Crippen LogP contribution is 2.15. The highest BCUT2D eigenvalue weighted by Gasteiger charge is 2.17. The van der Waals surface area contributed by atoms with E-state index >= 15 is 0 Å². The summed E-state index contributed by atoms with van der Waals surface area (Å²) in [7, 11) is -1.32. The van der Waals surface area contributed by atoms with Crippen LogP contribution in [0.3, 0.4) is 0 Å². The molecule has 0 spiro atoms. The fourth-order valence-corrected chi connectivity index (χ4v) is 2.44. The van der Waals surface area contributed by atoms with Crippen LogP contribution >= 0.6 is 0 Å². The SMILES string of the molecule is N[C@H](CCCCB(O)O)c1nnnn1CC(=O)NCc1ccccc1F. The van der Waals surface area contributed by atoms with Gasteiger partial charge in [0.25, 0.3) is 0 Å². The van der Waals surface area contributed by atoms with E-state index in [2.05, 4.69) is 20.8 Å². The summed E-state index contributed by atoms with van der Waals surface area (Å²) in [5.41, 5.74) is 6.44. The van der Waals surface area contributed by atoms with Gasteiger partial charge in [-0.1, -0.05) is 31.0 Å². The lowest BCUT2D eigenvalue weighted by atomic mass is 9.83. The molecule has 9 nitrogen and oxygen atoms in total. The zero-order valence-electron chi connectivity index (χ0n) is 14.3. The number of benzene rings is 1. The van der Waals surface area contributed by atoms with Gasteiger partial charge in [0.05, 0.1) is 6.04 Å². The average molecular weight is 364 g/mol.